The first-order valence-electron chi connectivity index (χ1n) is 11.8. The first kappa shape index (κ1) is 28.7. The minimum absolute atomic E-state index is 0.0254. The lowest BCUT2D eigenvalue weighted by Crippen LogP contribution is -2.51. The second kappa shape index (κ2) is 13.1. The normalized spacial score (nSPS) is 17.8. The minimum Gasteiger partial charge on any atom is -0.444 e. The number of alkyl carbamates (subject to hydrolysis) is 1. The molecule has 0 bridgehead atoms. The van der Waals surface area contributed by atoms with E-state index in [-0.39, 0.29) is 46.5 Å². The monoisotopic (exact) mass is 558 g/mol. The second-order valence-electron chi connectivity index (χ2n) is 9.19. The van der Waals surface area contributed by atoms with Crippen molar-refractivity contribution in [1.82, 2.24) is 9.62 Å². The lowest BCUT2D eigenvalue weighted by Gasteiger charge is -2.30. The van der Waals surface area contributed by atoms with E-state index in [1.165, 1.54) is 22.5 Å². The van der Waals surface area contributed by atoms with E-state index in [9.17, 15) is 18.3 Å². The van der Waals surface area contributed by atoms with Gasteiger partial charge in [0.2, 0.25) is 10.0 Å². The smallest absolute Gasteiger partial charge is 0.407 e. The summed E-state index contributed by atoms with van der Waals surface area (Å²) in [5.74, 6) is -0.0254. The Balaban J connectivity index is 1.82. The van der Waals surface area contributed by atoms with Crippen molar-refractivity contribution in [2.24, 2.45) is 5.92 Å². The number of carbonyl (C=O) groups is 1. The van der Waals surface area contributed by atoms with Gasteiger partial charge in [-0.05, 0) is 36.1 Å². The summed E-state index contributed by atoms with van der Waals surface area (Å²) in [5.41, 5.74) is 0.869. The second-order valence-corrected chi connectivity index (χ2v) is 11.9. The molecular weight excluding hydrogens is 527 g/mol. The third kappa shape index (κ3) is 8.06. The summed E-state index contributed by atoms with van der Waals surface area (Å²) in [6, 6.07) is 12.6. The molecule has 0 saturated carbocycles. The van der Waals surface area contributed by atoms with E-state index in [0.717, 1.165) is 5.56 Å². The van der Waals surface area contributed by atoms with Crippen molar-refractivity contribution in [2.75, 3.05) is 26.3 Å². The highest BCUT2D eigenvalue weighted by atomic mass is 35.5. The lowest BCUT2D eigenvalue weighted by atomic mass is 10.0. The van der Waals surface area contributed by atoms with Crippen LogP contribution in [0.2, 0.25) is 10.0 Å². The maximum absolute atomic E-state index is 13.5. The summed E-state index contributed by atoms with van der Waals surface area (Å²) in [6.07, 6.45) is -1.39. The van der Waals surface area contributed by atoms with Gasteiger partial charge >= 0.3 is 6.09 Å². The number of halogens is 2. The van der Waals surface area contributed by atoms with Gasteiger partial charge in [0.1, 0.15) is 6.10 Å². The highest BCUT2D eigenvalue weighted by Crippen LogP contribution is 2.27. The molecule has 0 radical (unpaired) electrons. The van der Waals surface area contributed by atoms with E-state index >= 15 is 0 Å². The van der Waals surface area contributed by atoms with Crippen LogP contribution in [0.5, 0.6) is 0 Å². The van der Waals surface area contributed by atoms with Crippen LogP contribution < -0.4 is 5.32 Å². The quantitative estimate of drug-likeness (QED) is 0.429. The summed E-state index contributed by atoms with van der Waals surface area (Å²) in [5, 5.41) is 14.3. The van der Waals surface area contributed by atoms with E-state index in [1.807, 2.05) is 44.2 Å². The molecule has 8 nitrogen and oxygen atoms in total. The molecule has 2 aromatic carbocycles. The Morgan fingerprint density at radius 3 is 2.50 bits per heavy atom. The number of aliphatic hydroxyl groups is 1. The number of rotatable bonds is 11. The average molecular weight is 560 g/mol. The molecule has 36 heavy (non-hydrogen) atoms. The molecule has 0 spiro atoms. The molecule has 3 rings (SSSR count). The van der Waals surface area contributed by atoms with Crippen LogP contribution in [-0.4, -0.2) is 68.5 Å². The Labute approximate surface area is 222 Å². The van der Waals surface area contributed by atoms with Crippen LogP contribution in [0.15, 0.2) is 53.4 Å². The predicted molar refractivity (Wildman–Crippen MR) is 139 cm³/mol. The largest absolute Gasteiger partial charge is 0.444 e. The Morgan fingerprint density at radius 2 is 1.89 bits per heavy atom. The minimum atomic E-state index is -4.01. The van der Waals surface area contributed by atoms with E-state index in [0.29, 0.717) is 19.6 Å². The van der Waals surface area contributed by atoms with Crippen LogP contribution in [0.4, 0.5) is 4.79 Å². The van der Waals surface area contributed by atoms with Gasteiger partial charge in [-0.3, -0.25) is 0 Å². The summed E-state index contributed by atoms with van der Waals surface area (Å²) < 4.78 is 38.8. The van der Waals surface area contributed by atoms with Crippen LogP contribution in [0, 0.1) is 5.92 Å². The number of hydrogen-bond acceptors (Lipinski definition) is 6. The van der Waals surface area contributed by atoms with Gasteiger partial charge in [-0.1, -0.05) is 67.4 Å². The summed E-state index contributed by atoms with van der Waals surface area (Å²) >= 11 is 12.0. The van der Waals surface area contributed by atoms with Gasteiger partial charge in [0.05, 0.1) is 40.3 Å². The standard InChI is InChI=1S/C25H32Cl2N2O6S/c1-17(2)14-29(36(32,33)20-8-9-21(26)22(27)13-20)15-24(30)23(12-18-6-4-3-5-7-18)28-25(31)35-19-10-11-34-16-19/h3-9,13,17,19,23-24,30H,10-12,14-16H2,1-2H3,(H,28,31)/t19-,23-,24+/m0/s1. The molecule has 0 unspecified atom stereocenters. The Kier molecular flexibility index (Phi) is 10.4. The zero-order valence-corrected chi connectivity index (χ0v) is 22.6. The van der Waals surface area contributed by atoms with Crippen molar-refractivity contribution in [1.29, 1.82) is 0 Å². The first-order chi connectivity index (χ1) is 17.1. The SMILES string of the molecule is CC(C)CN(C[C@@H](O)[C@H](Cc1ccccc1)NC(=O)O[C@H]1CCOC1)S(=O)(=O)c1ccc(Cl)c(Cl)c1. The number of benzene rings is 2. The van der Waals surface area contributed by atoms with Crippen LogP contribution >= 0.6 is 23.2 Å². The number of ether oxygens (including phenoxy) is 2. The molecule has 1 aliphatic rings. The Hall–Kier alpha value is -1.88. The molecule has 11 heteroatoms. The molecule has 2 aromatic rings. The van der Waals surface area contributed by atoms with E-state index < -0.39 is 28.3 Å². The van der Waals surface area contributed by atoms with E-state index in [4.69, 9.17) is 32.7 Å². The number of carbonyl (C=O) groups excluding carboxylic acids is 1. The summed E-state index contributed by atoms with van der Waals surface area (Å²) in [7, 11) is -4.01. The van der Waals surface area contributed by atoms with Gasteiger partial charge in [0.25, 0.3) is 0 Å². The molecular formula is C25H32Cl2N2O6S. The third-order valence-corrected chi connectivity index (χ3v) is 8.28. The fourth-order valence-corrected chi connectivity index (χ4v) is 5.91. The fourth-order valence-electron chi connectivity index (χ4n) is 3.89. The van der Waals surface area contributed by atoms with Crippen LogP contribution in [0.25, 0.3) is 0 Å². The van der Waals surface area contributed by atoms with Crippen molar-refractivity contribution < 1.29 is 27.8 Å². The topological polar surface area (TPSA) is 105 Å². The molecule has 1 heterocycles. The molecule has 1 amide bonds. The van der Waals surface area contributed by atoms with Crippen molar-refractivity contribution in [3.05, 3.63) is 64.1 Å². The Morgan fingerprint density at radius 1 is 1.17 bits per heavy atom. The Bertz CT molecular complexity index is 1110. The number of hydrogen-bond donors (Lipinski definition) is 2. The average Bonchev–Trinajstić information content (AvgIpc) is 3.33. The highest BCUT2D eigenvalue weighted by molar-refractivity contribution is 7.89. The molecule has 1 fully saturated rings. The number of nitrogens with one attached hydrogen (secondary N) is 1. The maximum atomic E-state index is 13.5. The van der Waals surface area contributed by atoms with Gasteiger partial charge in [0.15, 0.2) is 0 Å². The highest BCUT2D eigenvalue weighted by Gasteiger charge is 2.32. The van der Waals surface area contributed by atoms with Crippen molar-refractivity contribution in [2.45, 2.75) is 49.8 Å². The van der Waals surface area contributed by atoms with Gasteiger partial charge in [0, 0.05) is 19.5 Å². The lowest BCUT2D eigenvalue weighted by molar-refractivity contribution is 0.0644. The van der Waals surface area contributed by atoms with Gasteiger partial charge < -0.3 is 19.9 Å². The van der Waals surface area contributed by atoms with Crippen molar-refractivity contribution >= 4 is 39.3 Å². The van der Waals surface area contributed by atoms with Crippen LogP contribution in [0.3, 0.4) is 0 Å². The zero-order chi connectivity index (χ0) is 26.3. The molecule has 0 aromatic heterocycles. The first-order valence-corrected chi connectivity index (χ1v) is 14.0. The van der Waals surface area contributed by atoms with Gasteiger partial charge in [-0.15, -0.1) is 0 Å². The molecule has 2 N–H and O–H groups in total. The summed E-state index contributed by atoms with van der Waals surface area (Å²) in [6.45, 7) is 4.51. The number of aliphatic hydroxyl groups excluding tert-OH is 1. The maximum Gasteiger partial charge on any atom is 0.407 e. The van der Waals surface area contributed by atoms with Crippen LogP contribution in [0.1, 0.15) is 25.8 Å². The van der Waals surface area contributed by atoms with Crippen molar-refractivity contribution in [3.8, 4) is 0 Å². The number of nitrogens with zero attached hydrogens (tertiary/aromatic N) is 1. The van der Waals surface area contributed by atoms with Gasteiger partial charge in [-0.25, -0.2) is 13.2 Å². The van der Waals surface area contributed by atoms with Gasteiger partial charge in [-0.2, -0.15) is 4.31 Å². The van der Waals surface area contributed by atoms with E-state index in [2.05, 4.69) is 5.32 Å². The molecule has 0 aliphatic carbocycles. The fraction of sp³-hybridized carbons (Fsp3) is 0.480. The molecule has 1 saturated heterocycles. The molecule has 1 aliphatic heterocycles. The van der Waals surface area contributed by atoms with Crippen molar-refractivity contribution in [3.63, 3.8) is 0 Å². The third-order valence-electron chi connectivity index (χ3n) is 5.72. The number of amides is 1. The number of sulfonamides is 1. The zero-order valence-electron chi connectivity index (χ0n) is 20.3. The molecule has 198 valence electrons. The summed E-state index contributed by atoms with van der Waals surface area (Å²) in [4.78, 5) is 12.6. The van der Waals surface area contributed by atoms with Crippen LogP contribution in [-0.2, 0) is 25.9 Å². The molecule has 3 atom stereocenters. The van der Waals surface area contributed by atoms with E-state index in [1.54, 1.807) is 0 Å². The predicted octanol–water partition coefficient (Wildman–Crippen LogP) is 4.13.